The number of aryl methyl sites for hydroxylation is 2. The summed E-state index contributed by atoms with van der Waals surface area (Å²) in [5.41, 5.74) is 3.43. The molecule has 128 valence electrons. The Morgan fingerprint density at radius 1 is 1.00 bits per heavy atom. The van der Waals surface area contributed by atoms with E-state index in [2.05, 4.69) is 41.2 Å². The minimum absolute atomic E-state index is 0.162. The molecule has 0 aliphatic rings. The molecular weight excluding hydrogens is 324 g/mol. The Labute approximate surface area is 143 Å². The molecular formula is C18H22N2O3S. The van der Waals surface area contributed by atoms with Gasteiger partial charge in [0.2, 0.25) is 10.0 Å². The highest BCUT2D eigenvalue weighted by atomic mass is 32.2. The van der Waals surface area contributed by atoms with Gasteiger partial charge in [-0.25, -0.2) is 8.42 Å². The summed E-state index contributed by atoms with van der Waals surface area (Å²) in [4.78, 5) is 12.0. The molecule has 0 bridgehead atoms. The molecule has 24 heavy (non-hydrogen) atoms. The SMILES string of the molecule is Cc1ccc(CCCNC(=O)c2ccc(NS(C)(=O)=O)cc2)cc1. The molecule has 2 rings (SSSR count). The van der Waals surface area contributed by atoms with Crippen LogP contribution in [0.1, 0.15) is 27.9 Å². The van der Waals surface area contributed by atoms with Gasteiger partial charge in [-0.05, 0) is 49.6 Å². The lowest BCUT2D eigenvalue weighted by atomic mass is 10.1. The summed E-state index contributed by atoms with van der Waals surface area (Å²) in [7, 11) is -3.31. The van der Waals surface area contributed by atoms with E-state index in [4.69, 9.17) is 0 Å². The molecule has 2 aromatic carbocycles. The Kier molecular flexibility index (Phi) is 5.98. The van der Waals surface area contributed by atoms with E-state index in [0.29, 0.717) is 17.8 Å². The van der Waals surface area contributed by atoms with Gasteiger partial charge in [-0.15, -0.1) is 0 Å². The minimum Gasteiger partial charge on any atom is -0.352 e. The van der Waals surface area contributed by atoms with E-state index in [1.807, 2.05) is 0 Å². The van der Waals surface area contributed by atoms with Gasteiger partial charge < -0.3 is 5.32 Å². The highest BCUT2D eigenvalue weighted by molar-refractivity contribution is 7.92. The highest BCUT2D eigenvalue weighted by Gasteiger charge is 2.06. The number of carbonyl (C=O) groups is 1. The van der Waals surface area contributed by atoms with Gasteiger partial charge in [-0.3, -0.25) is 9.52 Å². The fourth-order valence-corrected chi connectivity index (χ4v) is 2.82. The summed E-state index contributed by atoms with van der Waals surface area (Å²) in [6.45, 7) is 2.65. The normalized spacial score (nSPS) is 11.1. The van der Waals surface area contributed by atoms with Gasteiger partial charge in [0.15, 0.2) is 0 Å². The lowest BCUT2D eigenvalue weighted by Crippen LogP contribution is -2.24. The van der Waals surface area contributed by atoms with Crippen LogP contribution in [0.25, 0.3) is 0 Å². The summed E-state index contributed by atoms with van der Waals surface area (Å²) >= 11 is 0. The van der Waals surface area contributed by atoms with Gasteiger partial charge >= 0.3 is 0 Å². The molecule has 5 nitrogen and oxygen atoms in total. The number of carbonyl (C=O) groups excluding carboxylic acids is 1. The van der Waals surface area contributed by atoms with Crippen LogP contribution < -0.4 is 10.0 Å². The average Bonchev–Trinajstić information content (AvgIpc) is 2.52. The van der Waals surface area contributed by atoms with Crippen molar-refractivity contribution in [3.8, 4) is 0 Å². The van der Waals surface area contributed by atoms with Gasteiger partial charge in [-0.1, -0.05) is 29.8 Å². The summed E-state index contributed by atoms with van der Waals surface area (Å²) in [5, 5.41) is 2.87. The Morgan fingerprint density at radius 2 is 1.62 bits per heavy atom. The lowest BCUT2D eigenvalue weighted by molar-refractivity contribution is 0.0953. The van der Waals surface area contributed by atoms with E-state index >= 15 is 0 Å². The molecule has 0 spiro atoms. The zero-order valence-corrected chi connectivity index (χ0v) is 14.7. The molecule has 0 aliphatic heterocycles. The standard InChI is InChI=1S/C18H22N2O3S/c1-14-5-7-15(8-6-14)4-3-13-19-18(21)16-9-11-17(12-10-16)20-24(2,22)23/h5-12,20H,3-4,13H2,1-2H3,(H,19,21). The molecule has 0 unspecified atom stereocenters. The first kappa shape index (κ1) is 18.0. The number of hydrogen-bond donors (Lipinski definition) is 2. The predicted octanol–water partition coefficient (Wildman–Crippen LogP) is 2.73. The molecule has 0 fully saturated rings. The van der Waals surface area contributed by atoms with Crippen LogP contribution in [0, 0.1) is 6.92 Å². The van der Waals surface area contributed by atoms with Crippen LogP contribution >= 0.6 is 0 Å². The molecule has 0 saturated carbocycles. The maximum atomic E-state index is 12.0. The molecule has 0 heterocycles. The van der Waals surface area contributed by atoms with E-state index in [1.165, 1.54) is 11.1 Å². The van der Waals surface area contributed by atoms with Crippen LogP contribution in [0.3, 0.4) is 0 Å². The molecule has 0 radical (unpaired) electrons. The van der Waals surface area contributed by atoms with Crippen LogP contribution in [-0.4, -0.2) is 27.1 Å². The zero-order chi connectivity index (χ0) is 17.6. The van der Waals surface area contributed by atoms with E-state index in [1.54, 1.807) is 24.3 Å². The Hall–Kier alpha value is -2.34. The van der Waals surface area contributed by atoms with Crippen molar-refractivity contribution in [3.05, 3.63) is 65.2 Å². The molecule has 0 aliphatic carbocycles. The number of benzene rings is 2. The number of rotatable bonds is 7. The lowest BCUT2D eigenvalue weighted by Gasteiger charge is -2.07. The number of hydrogen-bond acceptors (Lipinski definition) is 3. The Balaban J connectivity index is 1.79. The molecule has 0 aromatic heterocycles. The molecule has 0 saturated heterocycles. The molecule has 0 atom stereocenters. The van der Waals surface area contributed by atoms with Gasteiger partial charge in [0, 0.05) is 17.8 Å². The molecule has 6 heteroatoms. The fraction of sp³-hybridized carbons (Fsp3) is 0.278. The first-order valence-electron chi connectivity index (χ1n) is 7.75. The summed E-state index contributed by atoms with van der Waals surface area (Å²) in [6.07, 6.45) is 2.86. The summed E-state index contributed by atoms with van der Waals surface area (Å²) in [6, 6.07) is 14.7. The van der Waals surface area contributed by atoms with Crippen molar-refractivity contribution in [1.82, 2.24) is 5.32 Å². The highest BCUT2D eigenvalue weighted by Crippen LogP contribution is 2.11. The van der Waals surface area contributed by atoms with Crippen molar-refractivity contribution < 1.29 is 13.2 Å². The van der Waals surface area contributed by atoms with Crippen LogP contribution in [-0.2, 0) is 16.4 Å². The third kappa shape index (κ3) is 6.04. The third-order valence-corrected chi connectivity index (χ3v) is 4.11. The second-order valence-corrected chi connectivity index (χ2v) is 7.55. The fourth-order valence-electron chi connectivity index (χ4n) is 2.25. The van der Waals surface area contributed by atoms with Crippen LogP contribution in [0.2, 0.25) is 0 Å². The van der Waals surface area contributed by atoms with Crippen molar-refractivity contribution >= 4 is 21.6 Å². The first-order chi connectivity index (χ1) is 11.3. The molecule has 1 amide bonds. The van der Waals surface area contributed by atoms with Gasteiger partial charge in [0.1, 0.15) is 0 Å². The van der Waals surface area contributed by atoms with Crippen molar-refractivity contribution in [2.24, 2.45) is 0 Å². The van der Waals surface area contributed by atoms with Crippen molar-refractivity contribution in [1.29, 1.82) is 0 Å². The van der Waals surface area contributed by atoms with Crippen LogP contribution in [0.5, 0.6) is 0 Å². The third-order valence-electron chi connectivity index (χ3n) is 3.50. The molecule has 2 aromatic rings. The van der Waals surface area contributed by atoms with Crippen molar-refractivity contribution in [2.45, 2.75) is 19.8 Å². The quantitative estimate of drug-likeness (QED) is 0.757. The topological polar surface area (TPSA) is 75.3 Å². The van der Waals surface area contributed by atoms with Crippen LogP contribution in [0.15, 0.2) is 48.5 Å². The van der Waals surface area contributed by atoms with Gasteiger partial charge in [-0.2, -0.15) is 0 Å². The summed E-state index contributed by atoms with van der Waals surface area (Å²) in [5.74, 6) is -0.162. The number of nitrogens with one attached hydrogen (secondary N) is 2. The van der Waals surface area contributed by atoms with Crippen molar-refractivity contribution in [2.75, 3.05) is 17.5 Å². The predicted molar refractivity (Wildman–Crippen MR) is 96.7 cm³/mol. The first-order valence-corrected chi connectivity index (χ1v) is 9.64. The minimum atomic E-state index is -3.31. The van der Waals surface area contributed by atoms with Crippen molar-refractivity contribution in [3.63, 3.8) is 0 Å². The smallest absolute Gasteiger partial charge is 0.251 e. The van der Waals surface area contributed by atoms with E-state index < -0.39 is 10.0 Å². The number of sulfonamides is 1. The largest absolute Gasteiger partial charge is 0.352 e. The Morgan fingerprint density at radius 3 is 2.21 bits per heavy atom. The maximum Gasteiger partial charge on any atom is 0.251 e. The second kappa shape index (κ2) is 7.97. The second-order valence-electron chi connectivity index (χ2n) is 5.80. The monoisotopic (exact) mass is 346 g/mol. The zero-order valence-electron chi connectivity index (χ0n) is 13.9. The molecule has 2 N–H and O–H groups in total. The van der Waals surface area contributed by atoms with Gasteiger partial charge in [0.25, 0.3) is 5.91 Å². The average molecular weight is 346 g/mol. The van der Waals surface area contributed by atoms with E-state index in [-0.39, 0.29) is 5.91 Å². The number of anilines is 1. The summed E-state index contributed by atoms with van der Waals surface area (Å²) < 4.78 is 24.6. The van der Waals surface area contributed by atoms with Gasteiger partial charge in [0.05, 0.1) is 6.26 Å². The Bertz CT molecular complexity index is 782. The van der Waals surface area contributed by atoms with E-state index in [0.717, 1.165) is 19.1 Å². The number of amides is 1. The van der Waals surface area contributed by atoms with E-state index in [9.17, 15) is 13.2 Å². The maximum absolute atomic E-state index is 12.0. The van der Waals surface area contributed by atoms with Crippen LogP contribution in [0.4, 0.5) is 5.69 Å².